The number of carbonyl (C=O) groups is 2. The van der Waals surface area contributed by atoms with Crippen LogP contribution in [0.1, 0.15) is 129 Å². The number of rotatable bonds is 6. The topological polar surface area (TPSA) is 78.9 Å². The SMILES string of the molecule is C=C(C)[C@@H]1CC[C@]2(NC(=O)CN3C[C@@H](C)O[C@@H](C)C3)CC[C@]3(C)[C@H](CC[C@@H]4[C@@]5(C)CC=C(c6ccc(C(=O)O)cc6)C(C)(C)[C@@H]5CC[C@]43C)[C@@H]12. The fraction of sp³-hybridized carbons (Fsp3) is 0.727. The molecule has 1 amide bonds. The molecule has 0 aromatic heterocycles. The van der Waals surface area contributed by atoms with Gasteiger partial charge >= 0.3 is 5.97 Å². The molecule has 0 bridgehead atoms. The van der Waals surface area contributed by atoms with E-state index in [0.29, 0.717) is 41.7 Å². The Labute approximate surface area is 301 Å². The van der Waals surface area contributed by atoms with Crippen LogP contribution < -0.4 is 5.32 Å². The molecule has 1 aliphatic heterocycles. The van der Waals surface area contributed by atoms with E-state index in [4.69, 9.17) is 4.74 Å². The summed E-state index contributed by atoms with van der Waals surface area (Å²) in [5.41, 5.74) is 4.69. The fourth-order valence-electron chi connectivity index (χ4n) is 14.2. The fourth-order valence-corrected chi connectivity index (χ4v) is 14.2. The molecule has 7 rings (SSSR count). The molecule has 6 nitrogen and oxygen atoms in total. The molecule has 274 valence electrons. The van der Waals surface area contributed by atoms with E-state index in [1.165, 1.54) is 48.8 Å². The van der Waals surface area contributed by atoms with Crippen LogP contribution in [0.15, 0.2) is 42.5 Å². The highest BCUT2D eigenvalue weighted by atomic mass is 16.5. The zero-order chi connectivity index (χ0) is 36.0. The van der Waals surface area contributed by atoms with Crippen molar-refractivity contribution in [2.45, 2.75) is 131 Å². The molecule has 4 saturated carbocycles. The van der Waals surface area contributed by atoms with E-state index in [2.05, 4.69) is 78.3 Å². The molecule has 11 atom stereocenters. The smallest absolute Gasteiger partial charge is 0.335 e. The van der Waals surface area contributed by atoms with Crippen molar-refractivity contribution >= 4 is 17.4 Å². The Bertz CT molecular complexity index is 1550. The zero-order valence-corrected chi connectivity index (χ0v) is 32.2. The van der Waals surface area contributed by atoms with Crippen molar-refractivity contribution in [3.8, 4) is 0 Å². The number of nitrogens with one attached hydrogen (secondary N) is 1. The number of carbonyl (C=O) groups excluding carboxylic acids is 1. The van der Waals surface area contributed by atoms with Gasteiger partial charge in [-0.2, -0.15) is 0 Å². The minimum absolute atomic E-state index is 0.00457. The van der Waals surface area contributed by atoms with Crippen molar-refractivity contribution < 1.29 is 19.4 Å². The predicted octanol–water partition coefficient (Wildman–Crippen LogP) is 9.01. The molecule has 1 aromatic rings. The molecule has 0 unspecified atom stereocenters. The van der Waals surface area contributed by atoms with Crippen LogP contribution in [-0.2, 0) is 9.53 Å². The highest BCUT2D eigenvalue weighted by Crippen LogP contribution is 2.76. The van der Waals surface area contributed by atoms with Gasteiger partial charge < -0.3 is 15.2 Å². The summed E-state index contributed by atoms with van der Waals surface area (Å²) in [5.74, 6) is 2.00. The average Bonchev–Trinajstić information content (AvgIpc) is 3.40. The first-order valence-corrected chi connectivity index (χ1v) is 19.8. The van der Waals surface area contributed by atoms with Gasteiger partial charge in [-0.15, -0.1) is 0 Å². The lowest BCUT2D eigenvalue weighted by Crippen LogP contribution is -2.68. The van der Waals surface area contributed by atoms with Crippen LogP contribution in [0.3, 0.4) is 0 Å². The van der Waals surface area contributed by atoms with E-state index < -0.39 is 5.97 Å². The second-order valence-corrected chi connectivity index (χ2v) is 19.3. The van der Waals surface area contributed by atoms with Crippen molar-refractivity contribution in [3.05, 3.63) is 53.6 Å². The number of hydrogen-bond donors (Lipinski definition) is 2. The first-order chi connectivity index (χ1) is 23.4. The average molecular weight is 685 g/mol. The number of allylic oxidation sites excluding steroid dienone is 3. The molecular weight excluding hydrogens is 620 g/mol. The van der Waals surface area contributed by atoms with E-state index in [1.807, 2.05) is 12.1 Å². The van der Waals surface area contributed by atoms with E-state index in [1.54, 1.807) is 12.1 Å². The Balaban J connectivity index is 1.17. The molecule has 2 N–H and O–H groups in total. The lowest BCUT2D eigenvalue weighted by atomic mass is 9.33. The number of morpholine rings is 1. The Kier molecular flexibility index (Phi) is 8.86. The molecule has 1 aromatic carbocycles. The van der Waals surface area contributed by atoms with Gasteiger partial charge in [0.15, 0.2) is 0 Å². The van der Waals surface area contributed by atoms with Gasteiger partial charge in [0.05, 0.1) is 24.3 Å². The third kappa shape index (κ3) is 5.39. The summed E-state index contributed by atoms with van der Waals surface area (Å²) in [6, 6.07) is 7.57. The van der Waals surface area contributed by atoms with Crippen LogP contribution in [0.5, 0.6) is 0 Å². The summed E-state index contributed by atoms with van der Waals surface area (Å²) < 4.78 is 5.96. The number of carboxylic acids is 1. The van der Waals surface area contributed by atoms with Gasteiger partial charge in [-0.05, 0) is 153 Å². The number of fused-ring (bicyclic) bond motifs is 7. The maximum Gasteiger partial charge on any atom is 0.335 e. The number of hydrogen-bond acceptors (Lipinski definition) is 4. The highest BCUT2D eigenvalue weighted by molar-refractivity contribution is 5.88. The summed E-state index contributed by atoms with van der Waals surface area (Å²) in [4.78, 5) is 27.8. The summed E-state index contributed by atoms with van der Waals surface area (Å²) in [6.07, 6.45) is 13.3. The highest BCUT2D eigenvalue weighted by Gasteiger charge is 2.70. The van der Waals surface area contributed by atoms with Crippen molar-refractivity contribution in [2.75, 3.05) is 19.6 Å². The third-order valence-corrected chi connectivity index (χ3v) is 16.3. The van der Waals surface area contributed by atoms with Crippen LogP contribution in [0.2, 0.25) is 0 Å². The minimum atomic E-state index is -0.872. The number of benzene rings is 1. The third-order valence-electron chi connectivity index (χ3n) is 16.3. The molecule has 1 heterocycles. The molecule has 5 aliphatic carbocycles. The lowest BCUT2D eigenvalue weighted by Gasteiger charge is -2.72. The molecule has 50 heavy (non-hydrogen) atoms. The van der Waals surface area contributed by atoms with Gasteiger partial charge in [0.2, 0.25) is 5.91 Å². The second-order valence-electron chi connectivity index (χ2n) is 19.3. The van der Waals surface area contributed by atoms with E-state index in [-0.39, 0.29) is 45.3 Å². The van der Waals surface area contributed by atoms with Crippen LogP contribution in [0.25, 0.3) is 5.57 Å². The van der Waals surface area contributed by atoms with Gasteiger partial charge in [-0.3, -0.25) is 9.69 Å². The molecule has 6 aliphatic rings. The summed E-state index contributed by atoms with van der Waals surface area (Å²) in [5, 5.41) is 13.3. The van der Waals surface area contributed by atoms with Crippen LogP contribution >= 0.6 is 0 Å². The standard InChI is InChI=1S/C44H64N2O4/c1-27(2)32-16-21-44(45-37(47)26-46-24-28(3)50-29(4)25-46)23-22-42(8)34(38(32)44)14-15-36-41(7)19-17-33(30-10-12-31(13-11-30)39(48)49)40(5,6)35(41)18-20-43(36,42)9/h10-13,17,28-29,32,34-36,38H,1,14-16,18-26H2,2-9H3,(H,45,47)(H,48,49)/t28-,29+,32-,34+,35-,36+,38+,41-,42+,43+,44-/m0/s1. The summed E-state index contributed by atoms with van der Waals surface area (Å²) in [6.45, 7) is 26.0. The van der Waals surface area contributed by atoms with Crippen molar-refractivity contribution in [3.63, 3.8) is 0 Å². The molecule has 0 radical (unpaired) electrons. The molecular formula is C44H64N2O4. The lowest BCUT2D eigenvalue weighted by molar-refractivity contribution is -0.219. The summed E-state index contributed by atoms with van der Waals surface area (Å²) in [7, 11) is 0. The molecule has 0 spiro atoms. The van der Waals surface area contributed by atoms with Crippen molar-refractivity contribution in [1.29, 1.82) is 0 Å². The second kappa shape index (κ2) is 12.3. The number of nitrogens with zero attached hydrogens (tertiary/aromatic N) is 1. The van der Waals surface area contributed by atoms with Gasteiger partial charge in [0.25, 0.3) is 0 Å². The quantitative estimate of drug-likeness (QED) is 0.293. The van der Waals surface area contributed by atoms with E-state index in [9.17, 15) is 14.7 Å². The van der Waals surface area contributed by atoms with Crippen LogP contribution in [0, 0.1) is 51.2 Å². The van der Waals surface area contributed by atoms with Gasteiger partial charge in [0, 0.05) is 18.6 Å². The zero-order valence-electron chi connectivity index (χ0n) is 32.2. The largest absolute Gasteiger partial charge is 0.478 e. The van der Waals surface area contributed by atoms with Crippen molar-refractivity contribution in [1.82, 2.24) is 10.2 Å². The number of aromatic carboxylic acids is 1. The van der Waals surface area contributed by atoms with Crippen LogP contribution in [-0.4, -0.2) is 59.3 Å². The molecule has 6 heteroatoms. The predicted molar refractivity (Wildman–Crippen MR) is 201 cm³/mol. The summed E-state index contributed by atoms with van der Waals surface area (Å²) >= 11 is 0. The molecule has 5 fully saturated rings. The Morgan fingerprint density at radius 3 is 2.22 bits per heavy atom. The Hall–Kier alpha value is -2.44. The van der Waals surface area contributed by atoms with E-state index >= 15 is 0 Å². The number of carboxylic acid groups (broad SMARTS) is 1. The molecule has 1 saturated heterocycles. The number of amides is 1. The Morgan fingerprint density at radius 1 is 0.900 bits per heavy atom. The minimum Gasteiger partial charge on any atom is -0.478 e. The number of ether oxygens (including phenoxy) is 1. The van der Waals surface area contributed by atoms with E-state index in [0.717, 1.165) is 38.8 Å². The van der Waals surface area contributed by atoms with Gasteiger partial charge in [0.1, 0.15) is 0 Å². The first-order valence-electron chi connectivity index (χ1n) is 19.8. The first kappa shape index (κ1) is 35.9. The van der Waals surface area contributed by atoms with Crippen LogP contribution in [0.4, 0.5) is 0 Å². The Morgan fingerprint density at radius 2 is 1.58 bits per heavy atom. The van der Waals surface area contributed by atoms with Gasteiger partial charge in [-0.25, -0.2) is 4.79 Å². The maximum atomic E-state index is 13.9. The normalized spacial score (nSPS) is 43.8. The monoisotopic (exact) mass is 684 g/mol. The van der Waals surface area contributed by atoms with Gasteiger partial charge in [-0.1, -0.05) is 65.0 Å². The van der Waals surface area contributed by atoms with Crippen molar-refractivity contribution in [2.24, 2.45) is 51.2 Å². The maximum absolute atomic E-state index is 13.9.